The van der Waals surface area contributed by atoms with Crippen molar-refractivity contribution in [3.8, 4) is 0 Å². The molecule has 0 aliphatic heterocycles. The van der Waals surface area contributed by atoms with Gasteiger partial charge in [0.2, 0.25) is 11.8 Å². The number of carbonyl (C=O) groups is 2. The topological polar surface area (TPSA) is 65.2 Å². The first kappa shape index (κ1) is 15.1. The summed E-state index contributed by atoms with van der Waals surface area (Å²) < 4.78 is 0. The molecule has 1 atom stereocenters. The van der Waals surface area contributed by atoms with Gasteiger partial charge in [-0.1, -0.05) is 25.1 Å². The number of benzene rings is 1. The van der Waals surface area contributed by atoms with E-state index in [1.165, 1.54) is 0 Å². The third-order valence-electron chi connectivity index (χ3n) is 3.68. The predicted octanol–water partition coefficient (Wildman–Crippen LogP) is 1.55. The minimum Gasteiger partial charge on any atom is -0.361 e. The van der Waals surface area contributed by atoms with Crippen molar-refractivity contribution in [2.24, 2.45) is 5.92 Å². The summed E-state index contributed by atoms with van der Waals surface area (Å²) in [5.74, 6) is -0.260. The van der Waals surface area contributed by atoms with Gasteiger partial charge in [0.05, 0.1) is 12.3 Å². The molecule has 0 bridgehead atoms. The summed E-state index contributed by atoms with van der Waals surface area (Å²) in [6.07, 6.45) is 2.21. The summed E-state index contributed by atoms with van der Waals surface area (Å²) >= 11 is 0. The Morgan fingerprint density at radius 3 is 2.76 bits per heavy atom. The molecule has 1 aromatic carbocycles. The molecular weight excluding hydrogens is 266 g/mol. The second-order valence-electron chi connectivity index (χ2n) is 5.33. The van der Waals surface area contributed by atoms with Gasteiger partial charge >= 0.3 is 0 Å². The summed E-state index contributed by atoms with van der Waals surface area (Å²) in [6, 6.07) is 7.91. The highest BCUT2D eigenvalue weighted by Gasteiger charge is 2.18. The monoisotopic (exact) mass is 287 g/mol. The Balaban J connectivity index is 2.02. The van der Waals surface area contributed by atoms with E-state index in [2.05, 4.69) is 10.3 Å². The van der Waals surface area contributed by atoms with Crippen LogP contribution in [0.4, 0.5) is 0 Å². The van der Waals surface area contributed by atoms with Crippen molar-refractivity contribution in [1.82, 2.24) is 15.2 Å². The predicted molar refractivity (Wildman–Crippen MR) is 82.9 cm³/mol. The zero-order valence-electron chi connectivity index (χ0n) is 12.6. The molecule has 0 radical (unpaired) electrons. The van der Waals surface area contributed by atoms with Gasteiger partial charge in [0.25, 0.3) is 0 Å². The number of rotatable bonds is 5. The van der Waals surface area contributed by atoms with E-state index < -0.39 is 0 Å². The number of hydrogen-bond acceptors (Lipinski definition) is 2. The number of aromatic nitrogens is 1. The highest BCUT2D eigenvalue weighted by Crippen LogP contribution is 2.18. The summed E-state index contributed by atoms with van der Waals surface area (Å²) in [6.45, 7) is 2.23. The number of aromatic amines is 1. The molecule has 112 valence electrons. The molecule has 2 N–H and O–H groups in total. The lowest BCUT2D eigenvalue weighted by atomic mass is 10.1. The molecule has 0 saturated heterocycles. The van der Waals surface area contributed by atoms with Gasteiger partial charge in [-0.15, -0.1) is 0 Å². The van der Waals surface area contributed by atoms with Gasteiger partial charge in [-0.25, -0.2) is 0 Å². The van der Waals surface area contributed by atoms with Crippen LogP contribution in [-0.4, -0.2) is 42.3 Å². The largest absolute Gasteiger partial charge is 0.361 e. The van der Waals surface area contributed by atoms with E-state index in [1.807, 2.05) is 37.4 Å². The lowest BCUT2D eigenvalue weighted by Gasteiger charge is -2.20. The fourth-order valence-corrected chi connectivity index (χ4v) is 2.42. The smallest absolute Gasteiger partial charge is 0.226 e. The number of likely N-dealkylation sites (N-methyl/N-ethyl adjacent to an activating group) is 1. The van der Waals surface area contributed by atoms with Gasteiger partial charge in [0, 0.05) is 37.7 Å². The molecule has 2 amide bonds. The number of hydrogen-bond donors (Lipinski definition) is 2. The summed E-state index contributed by atoms with van der Waals surface area (Å²) in [5.41, 5.74) is 2.01. The van der Waals surface area contributed by atoms with E-state index in [4.69, 9.17) is 0 Å². The Morgan fingerprint density at radius 1 is 1.33 bits per heavy atom. The van der Waals surface area contributed by atoms with Crippen molar-refractivity contribution in [3.05, 3.63) is 36.0 Å². The van der Waals surface area contributed by atoms with Crippen molar-refractivity contribution in [1.29, 1.82) is 0 Å². The normalized spacial score (nSPS) is 12.1. The lowest BCUT2D eigenvalue weighted by molar-refractivity contribution is -0.131. The van der Waals surface area contributed by atoms with Crippen molar-refractivity contribution in [3.63, 3.8) is 0 Å². The Kier molecular flexibility index (Phi) is 4.62. The molecule has 5 nitrogen and oxygen atoms in total. The minimum absolute atomic E-state index is 0.00973. The molecule has 2 rings (SSSR count). The van der Waals surface area contributed by atoms with Crippen LogP contribution in [0.3, 0.4) is 0 Å². The molecule has 2 aromatic rings. The number of fused-ring (bicyclic) bond motifs is 1. The molecular formula is C16H21N3O2. The average Bonchev–Trinajstić information content (AvgIpc) is 2.89. The quantitative estimate of drug-likeness (QED) is 0.876. The molecule has 0 aliphatic rings. The first-order valence-electron chi connectivity index (χ1n) is 7.03. The molecule has 1 heterocycles. The van der Waals surface area contributed by atoms with Gasteiger partial charge in [0.1, 0.15) is 0 Å². The lowest BCUT2D eigenvalue weighted by Crippen LogP contribution is -2.37. The van der Waals surface area contributed by atoms with Crippen LogP contribution >= 0.6 is 0 Å². The Labute approximate surface area is 124 Å². The van der Waals surface area contributed by atoms with Crippen molar-refractivity contribution < 1.29 is 9.59 Å². The van der Waals surface area contributed by atoms with E-state index >= 15 is 0 Å². The Bertz CT molecular complexity index is 648. The van der Waals surface area contributed by atoms with Crippen molar-refractivity contribution >= 4 is 22.7 Å². The van der Waals surface area contributed by atoms with Crippen LogP contribution in [0.25, 0.3) is 10.9 Å². The van der Waals surface area contributed by atoms with Gasteiger partial charge in [-0.2, -0.15) is 0 Å². The second-order valence-corrected chi connectivity index (χ2v) is 5.33. The highest BCUT2D eigenvalue weighted by molar-refractivity contribution is 5.89. The van der Waals surface area contributed by atoms with Gasteiger partial charge in [-0.05, 0) is 11.6 Å². The van der Waals surface area contributed by atoms with Crippen LogP contribution in [0.1, 0.15) is 12.5 Å². The number of H-pyrrole nitrogens is 1. The van der Waals surface area contributed by atoms with Crippen LogP contribution in [0.2, 0.25) is 0 Å². The maximum atomic E-state index is 12.3. The van der Waals surface area contributed by atoms with E-state index in [9.17, 15) is 9.59 Å². The van der Waals surface area contributed by atoms with Crippen LogP contribution in [0, 0.1) is 5.92 Å². The third kappa shape index (κ3) is 3.42. The third-order valence-corrected chi connectivity index (χ3v) is 3.68. The SMILES string of the molecule is CNC(=O)C(C)CN(C)C(=O)Cc1c[nH]c2ccccc12. The minimum atomic E-state index is -0.216. The molecule has 0 spiro atoms. The van der Waals surface area contributed by atoms with E-state index in [0.717, 1.165) is 16.5 Å². The standard InChI is InChI=1S/C16H21N3O2/c1-11(16(21)17-2)10-19(3)15(20)8-12-9-18-14-7-5-4-6-13(12)14/h4-7,9,11,18H,8,10H2,1-3H3,(H,17,21). The van der Waals surface area contributed by atoms with Crippen LogP contribution in [-0.2, 0) is 16.0 Å². The molecule has 0 fully saturated rings. The average molecular weight is 287 g/mol. The molecule has 5 heteroatoms. The Hall–Kier alpha value is -2.30. The maximum absolute atomic E-state index is 12.3. The summed E-state index contributed by atoms with van der Waals surface area (Å²) in [4.78, 5) is 28.6. The number of nitrogens with one attached hydrogen (secondary N) is 2. The van der Waals surface area contributed by atoms with Crippen LogP contribution in [0.5, 0.6) is 0 Å². The first-order valence-corrected chi connectivity index (χ1v) is 7.03. The zero-order valence-corrected chi connectivity index (χ0v) is 12.6. The number of nitrogens with zero attached hydrogens (tertiary/aromatic N) is 1. The molecule has 1 aromatic heterocycles. The summed E-state index contributed by atoms with van der Waals surface area (Å²) in [7, 11) is 3.34. The molecule has 1 unspecified atom stereocenters. The summed E-state index contributed by atoms with van der Waals surface area (Å²) in [5, 5.41) is 3.67. The van der Waals surface area contributed by atoms with Gasteiger partial charge in [-0.3, -0.25) is 9.59 Å². The van der Waals surface area contributed by atoms with Crippen LogP contribution < -0.4 is 5.32 Å². The zero-order chi connectivity index (χ0) is 15.4. The number of para-hydroxylation sites is 1. The highest BCUT2D eigenvalue weighted by atomic mass is 16.2. The van der Waals surface area contributed by atoms with E-state index in [1.54, 1.807) is 19.0 Å². The number of amides is 2. The molecule has 0 saturated carbocycles. The van der Waals surface area contributed by atoms with E-state index in [0.29, 0.717) is 13.0 Å². The second kappa shape index (κ2) is 6.43. The maximum Gasteiger partial charge on any atom is 0.226 e. The Morgan fingerprint density at radius 2 is 2.05 bits per heavy atom. The first-order chi connectivity index (χ1) is 10.0. The fourth-order valence-electron chi connectivity index (χ4n) is 2.42. The van der Waals surface area contributed by atoms with Gasteiger partial charge < -0.3 is 15.2 Å². The molecule has 0 aliphatic carbocycles. The fraction of sp³-hybridized carbons (Fsp3) is 0.375. The van der Waals surface area contributed by atoms with Crippen molar-refractivity contribution in [2.75, 3.05) is 20.6 Å². The van der Waals surface area contributed by atoms with Crippen LogP contribution in [0.15, 0.2) is 30.5 Å². The number of carbonyl (C=O) groups excluding carboxylic acids is 2. The van der Waals surface area contributed by atoms with Gasteiger partial charge in [0.15, 0.2) is 0 Å². The molecule has 21 heavy (non-hydrogen) atoms. The van der Waals surface area contributed by atoms with Crippen molar-refractivity contribution in [2.45, 2.75) is 13.3 Å². The van der Waals surface area contributed by atoms with E-state index in [-0.39, 0.29) is 17.7 Å².